The Morgan fingerprint density at radius 2 is 2.04 bits per heavy atom. The maximum absolute atomic E-state index is 12.6. The smallest absolute Gasteiger partial charge is 0.189 e. The van der Waals surface area contributed by atoms with Crippen LogP contribution >= 0.6 is 0 Å². The van der Waals surface area contributed by atoms with E-state index in [2.05, 4.69) is 20.9 Å². The minimum absolute atomic E-state index is 0.0134. The van der Waals surface area contributed by atoms with Crippen LogP contribution in [0.3, 0.4) is 0 Å². The molecule has 26 heavy (non-hydrogen) atoms. The number of pyridine rings is 2. The highest BCUT2D eigenvalue weighted by molar-refractivity contribution is 5.82. The minimum atomic E-state index is 0.0134. The summed E-state index contributed by atoms with van der Waals surface area (Å²) in [4.78, 5) is 22.6. The second-order valence-electron chi connectivity index (χ2n) is 6.80. The number of hydrogen-bond donors (Lipinski definition) is 1. The monoisotopic (exact) mass is 351 g/mol. The van der Waals surface area contributed by atoms with Crippen LogP contribution in [-0.4, -0.2) is 35.6 Å². The molecule has 0 aliphatic rings. The van der Waals surface area contributed by atoms with Crippen LogP contribution in [0.4, 0.5) is 0 Å². The third-order valence-corrected chi connectivity index (χ3v) is 4.64. The molecule has 1 N–H and O–H groups in total. The largest absolute Gasteiger partial charge is 0.383 e. The maximum atomic E-state index is 12.6. The zero-order valence-electron chi connectivity index (χ0n) is 15.7. The number of methoxy groups -OCH3 is 1. The van der Waals surface area contributed by atoms with Gasteiger partial charge in [-0.3, -0.25) is 14.7 Å². The van der Waals surface area contributed by atoms with Gasteiger partial charge in [-0.15, -0.1) is 0 Å². The molecule has 1 atom stereocenters. The summed E-state index contributed by atoms with van der Waals surface area (Å²) < 4.78 is 5.39. The van der Waals surface area contributed by atoms with Crippen molar-refractivity contribution in [1.82, 2.24) is 14.9 Å². The van der Waals surface area contributed by atoms with Crippen molar-refractivity contribution in [2.45, 2.75) is 26.4 Å². The van der Waals surface area contributed by atoms with Crippen molar-refractivity contribution in [3.05, 3.63) is 75.3 Å². The first-order valence-corrected chi connectivity index (χ1v) is 8.73. The van der Waals surface area contributed by atoms with E-state index < -0.39 is 0 Å². The third kappa shape index (κ3) is 3.84. The van der Waals surface area contributed by atoms with Crippen molar-refractivity contribution in [2.75, 3.05) is 20.8 Å². The van der Waals surface area contributed by atoms with Crippen LogP contribution in [0.15, 0.2) is 47.4 Å². The number of aromatic nitrogens is 2. The van der Waals surface area contributed by atoms with Crippen LogP contribution in [0.25, 0.3) is 10.9 Å². The summed E-state index contributed by atoms with van der Waals surface area (Å²) in [6, 6.07) is 11.6. The van der Waals surface area contributed by atoms with Crippen molar-refractivity contribution in [2.24, 2.45) is 0 Å². The number of hydrogen-bond acceptors (Lipinski definition) is 4. The standard InChI is InChI=1S/C21H25N3O2/c1-14-9-15(2)21-17(10-14)20(25)11-16(23-21)12-24(3)19(13-26-4)18-7-5-6-8-22-18/h5-11,19H,12-13H2,1-4H3,(H,23,25)/t19-/m0/s1. The molecule has 0 amide bonds. The number of rotatable bonds is 6. The van der Waals surface area contributed by atoms with Crippen molar-refractivity contribution in [3.8, 4) is 0 Å². The van der Waals surface area contributed by atoms with E-state index in [1.165, 1.54) is 0 Å². The molecule has 2 aromatic heterocycles. The van der Waals surface area contributed by atoms with Crippen molar-refractivity contribution in [3.63, 3.8) is 0 Å². The van der Waals surface area contributed by atoms with Gasteiger partial charge in [0.1, 0.15) is 0 Å². The lowest BCUT2D eigenvalue weighted by atomic mass is 10.1. The lowest BCUT2D eigenvalue weighted by Gasteiger charge is -2.27. The molecule has 2 heterocycles. The first kappa shape index (κ1) is 18.3. The van der Waals surface area contributed by atoms with Crippen LogP contribution in [-0.2, 0) is 11.3 Å². The Kier molecular flexibility index (Phi) is 5.49. The number of nitrogens with one attached hydrogen (secondary N) is 1. The van der Waals surface area contributed by atoms with Gasteiger partial charge in [0.15, 0.2) is 5.43 Å². The number of nitrogens with zero attached hydrogens (tertiary/aromatic N) is 2. The zero-order valence-corrected chi connectivity index (χ0v) is 15.7. The molecule has 0 bridgehead atoms. The van der Waals surface area contributed by atoms with Gasteiger partial charge in [0.25, 0.3) is 0 Å². The Hall–Kier alpha value is -2.50. The van der Waals surface area contributed by atoms with E-state index in [0.717, 1.165) is 33.4 Å². The number of H-pyrrole nitrogens is 1. The maximum Gasteiger partial charge on any atom is 0.189 e. The Bertz CT molecular complexity index is 951. The van der Waals surface area contributed by atoms with E-state index >= 15 is 0 Å². The summed E-state index contributed by atoms with van der Waals surface area (Å²) >= 11 is 0. The first-order chi connectivity index (χ1) is 12.5. The predicted octanol–water partition coefficient (Wildman–Crippen LogP) is 3.36. The summed E-state index contributed by atoms with van der Waals surface area (Å²) in [5, 5.41) is 0.743. The Balaban J connectivity index is 1.93. The van der Waals surface area contributed by atoms with Crippen LogP contribution in [0.2, 0.25) is 0 Å². The Labute approximate surface area is 153 Å². The SMILES string of the molecule is COC[C@@H](c1ccccn1)N(C)Cc1cc(=O)c2cc(C)cc(C)c2[nH]1. The first-order valence-electron chi connectivity index (χ1n) is 8.73. The topological polar surface area (TPSA) is 58.2 Å². The van der Waals surface area contributed by atoms with Crippen molar-refractivity contribution in [1.29, 1.82) is 0 Å². The van der Waals surface area contributed by atoms with Gasteiger partial charge in [-0.05, 0) is 50.2 Å². The van der Waals surface area contributed by atoms with E-state index in [1.54, 1.807) is 19.4 Å². The number of ether oxygens (including phenoxy) is 1. The minimum Gasteiger partial charge on any atom is -0.383 e. The number of aryl methyl sites for hydroxylation is 2. The summed E-state index contributed by atoms with van der Waals surface area (Å²) in [6.07, 6.45) is 1.79. The highest BCUT2D eigenvalue weighted by Crippen LogP contribution is 2.21. The van der Waals surface area contributed by atoms with Gasteiger partial charge < -0.3 is 9.72 Å². The van der Waals surface area contributed by atoms with Gasteiger partial charge in [0.05, 0.1) is 23.9 Å². The highest BCUT2D eigenvalue weighted by Gasteiger charge is 2.19. The van der Waals surface area contributed by atoms with Crippen LogP contribution in [0, 0.1) is 13.8 Å². The van der Waals surface area contributed by atoms with Gasteiger partial charge in [-0.1, -0.05) is 12.1 Å². The summed E-state index contributed by atoms with van der Waals surface area (Å²) in [5.41, 5.74) is 4.98. The average Bonchev–Trinajstić information content (AvgIpc) is 2.61. The molecule has 3 rings (SSSR count). The van der Waals surface area contributed by atoms with Crippen molar-refractivity contribution < 1.29 is 4.74 Å². The van der Waals surface area contributed by atoms with Gasteiger partial charge in [0.2, 0.25) is 0 Å². The molecule has 0 spiro atoms. The Morgan fingerprint density at radius 3 is 2.73 bits per heavy atom. The number of fused-ring (bicyclic) bond motifs is 1. The van der Waals surface area contributed by atoms with Gasteiger partial charge in [-0.25, -0.2) is 0 Å². The summed E-state index contributed by atoms with van der Waals surface area (Å²) in [7, 11) is 3.70. The molecular weight excluding hydrogens is 326 g/mol. The molecule has 0 unspecified atom stereocenters. The molecule has 0 fully saturated rings. The fourth-order valence-corrected chi connectivity index (χ4v) is 3.39. The van der Waals surface area contributed by atoms with Crippen molar-refractivity contribution >= 4 is 10.9 Å². The van der Waals surface area contributed by atoms with Gasteiger partial charge in [-0.2, -0.15) is 0 Å². The zero-order chi connectivity index (χ0) is 18.7. The highest BCUT2D eigenvalue weighted by atomic mass is 16.5. The predicted molar refractivity (Wildman–Crippen MR) is 104 cm³/mol. The van der Waals surface area contributed by atoms with Crippen LogP contribution in [0.5, 0.6) is 0 Å². The number of aromatic amines is 1. The third-order valence-electron chi connectivity index (χ3n) is 4.64. The van der Waals surface area contributed by atoms with Gasteiger partial charge >= 0.3 is 0 Å². The van der Waals surface area contributed by atoms with Gasteiger partial charge in [0, 0.05) is 37.0 Å². The van der Waals surface area contributed by atoms with E-state index in [4.69, 9.17) is 4.74 Å². The lowest BCUT2D eigenvalue weighted by Crippen LogP contribution is -2.29. The molecule has 0 saturated carbocycles. The Morgan fingerprint density at radius 1 is 1.23 bits per heavy atom. The summed E-state index contributed by atoms with van der Waals surface area (Å²) in [6.45, 7) is 5.17. The second-order valence-corrected chi connectivity index (χ2v) is 6.80. The molecule has 5 heteroatoms. The normalized spacial score (nSPS) is 12.7. The van der Waals surface area contributed by atoms with E-state index in [1.807, 2.05) is 45.2 Å². The molecule has 1 aromatic carbocycles. The van der Waals surface area contributed by atoms with Crippen LogP contribution < -0.4 is 5.43 Å². The average molecular weight is 351 g/mol. The quantitative estimate of drug-likeness (QED) is 0.740. The molecule has 3 aromatic rings. The number of benzene rings is 1. The summed E-state index contributed by atoms with van der Waals surface area (Å²) in [5.74, 6) is 0. The molecule has 0 radical (unpaired) electrons. The fourth-order valence-electron chi connectivity index (χ4n) is 3.39. The van der Waals surface area contributed by atoms with E-state index in [0.29, 0.717) is 13.2 Å². The van der Waals surface area contributed by atoms with Crippen LogP contribution in [0.1, 0.15) is 28.6 Å². The fraction of sp³-hybridized carbons (Fsp3) is 0.333. The molecule has 0 saturated heterocycles. The second kappa shape index (κ2) is 7.81. The lowest BCUT2D eigenvalue weighted by molar-refractivity contribution is 0.0993. The number of likely N-dealkylation sites (N-methyl/N-ethyl adjacent to an activating group) is 1. The molecule has 5 nitrogen and oxygen atoms in total. The molecule has 0 aliphatic carbocycles. The van der Waals surface area contributed by atoms with E-state index in [9.17, 15) is 4.79 Å². The molecular formula is C21H25N3O2. The van der Waals surface area contributed by atoms with E-state index in [-0.39, 0.29) is 11.5 Å². The molecule has 0 aliphatic heterocycles. The molecule has 136 valence electrons.